The van der Waals surface area contributed by atoms with Crippen LogP contribution in [0, 0.1) is 16.7 Å². The summed E-state index contributed by atoms with van der Waals surface area (Å²) in [6, 6.07) is 10.3. The van der Waals surface area contributed by atoms with Gasteiger partial charge in [-0.3, -0.25) is 4.79 Å². The van der Waals surface area contributed by atoms with E-state index in [2.05, 4.69) is 42.7 Å². The molecule has 1 heterocycles. The van der Waals surface area contributed by atoms with Gasteiger partial charge in [0.15, 0.2) is 5.78 Å². The summed E-state index contributed by atoms with van der Waals surface area (Å²) in [7, 11) is 1.70. The van der Waals surface area contributed by atoms with E-state index >= 15 is 0 Å². The van der Waals surface area contributed by atoms with E-state index in [0.717, 1.165) is 56.5 Å². The van der Waals surface area contributed by atoms with Crippen molar-refractivity contribution < 1.29 is 9.53 Å². The Morgan fingerprint density at radius 3 is 2.71 bits per heavy atom. The Bertz CT molecular complexity index is 1070. The van der Waals surface area contributed by atoms with Crippen LogP contribution in [0.2, 0.25) is 0 Å². The van der Waals surface area contributed by atoms with E-state index < -0.39 is 0 Å². The van der Waals surface area contributed by atoms with Crippen LogP contribution in [0.3, 0.4) is 0 Å². The van der Waals surface area contributed by atoms with Crippen LogP contribution in [0.25, 0.3) is 0 Å². The third kappa shape index (κ3) is 5.93. The van der Waals surface area contributed by atoms with Gasteiger partial charge in [0, 0.05) is 24.7 Å². The normalized spacial score (nSPS) is 25.5. The number of benzene rings is 1. The third-order valence-electron chi connectivity index (χ3n) is 7.77. The molecule has 2 fully saturated rings. The van der Waals surface area contributed by atoms with E-state index in [9.17, 15) is 4.79 Å². The number of carbonyl (C=O) groups excluding carboxylic acids is 1. The van der Waals surface area contributed by atoms with Crippen LogP contribution < -0.4 is 0 Å². The number of allylic oxidation sites excluding steroid dienone is 6. The first-order chi connectivity index (χ1) is 17.0. The average molecular weight is 471 g/mol. The van der Waals surface area contributed by atoms with Gasteiger partial charge < -0.3 is 15.0 Å². The number of rotatable bonds is 9. The number of nitrogens with one attached hydrogen (secondary N) is 1. The van der Waals surface area contributed by atoms with Crippen molar-refractivity contribution in [3.05, 3.63) is 95.5 Å². The number of nitrogens with zero attached hydrogens (tertiary/aromatic N) is 1. The van der Waals surface area contributed by atoms with Gasteiger partial charge in [-0.05, 0) is 92.4 Å². The summed E-state index contributed by atoms with van der Waals surface area (Å²) < 4.78 is 5.52. The predicted octanol–water partition coefficient (Wildman–Crippen LogP) is 6.75. The number of methoxy groups -OCH3 is 1. The number of likely N-dealkylation sites (tertiary alicyclic amines) is 1. The van der Waals surface area contributed by atoms with Gasteiger partial charge in [-0.2, -0.15) is 0 Å². The van der Waals surface area contributed by atoms with Crippen molar-refractivity contribution in [1.29, 1.82) is 5.41 Å². The second kappa shape index (κ2) is 11.1. The minimum atomic E-state index is 0.0929. The van der Waals surface area contributed by atoms with E-state index in [4.69, 9.17) is 10.1 Å². The SMILES string of the molecule is C=C1/C=C(OC)\C=C(\C)CC=C1N1CCC(C(=O)/C=C/CC(CC=N)c2ccccc2)C2(CC2)C1. The second-order valence-corrected chi connectivity index (χ2v) is 10.3. The van der Waals surface area contributed by atoms with Gasteiger partial charge in [-0.15, -0.1) is 0 Å². The molecule has 0 radical (unpaired) electrons. The Morgan fingerprint density at radius 2 is 2.03 bits per heavy atom. The fraction of sp³-hybridized carbons (Fsp3) is 0.419. The van der Waals surface area contributed by atoms with Gasteiger partial charge >= 0.3 is 0 Å². The number of ether oxygens (including phenoxy) is 1. The fourth-order valence-corrected chi connectivity index (χ4v) is 5.61. The number of piperidine rings is 1. The molecule has 3 aliphatic rings. The van der Waals surface area contributed by atoms with E-state index in [1.165, 1.54) is 23.0 Å². The molecule has 1 N–H and O–H groups in total. The van der Waals surface area contributed by atoms with Crippen LogP contribution in [-0.4, -0.2) is 37.1 Å². The third-order valence-corrected chi connectivity index (χ3v) is 7.77. The zero-order valence-corrected chi connectivity index (χ0v) is 21.1. The summed E-state index contributed by atoms with van der Waals surface area (Å²) in [5.74, 6) is 1.46. The van der Waals surface area contributed by atoms with Crippen molar-refractivity contribution in [2.24, 2.45) is 11.3 Å². The fourth-order valence-electron chi connectivity index (χ4n) is 5.61. The lowest BCUT2D eigenvalue weighted by Crippen LogP contribution is -2.44. The van der Waals surface area contributed by atoms with E-state index in [-0.39, 0.29) is 23.0 Å². The van der Waals surface area contributed by atoms with Gasteiger partial charge in [0.25, 0.3) is 0 Å². The lowest BCUT2D eigenvalue weighted by molar-refractivity contribution is -0.122. The molecule has 1 saturated heterocycles. The van der Waals surface area contributed by atoms with Crippen molar-refractivity contribution in [1.82, 2.24) is 4.90 Å². The Balaban J connectivity index is 1.41. The topological polar surface area (TPSA) is 53.4 Å². The Labute approximate surface area is 210 Å². The van der Waals surface area contributed by atoms with Gasteiger partial charge in [0.2, 0.25) is 0 Å². The number of carbonyl (C=O) groups is 1. The first-order valence-electron chi connectivity index (χ1n) is 12.8. The molecular formula is C31H38N2O2. The highest BCUT2D eigenvalue weighted by molar-refractivity contribution is 5.92. The Kier molecular flexibility index (Phi) is 7.90. The summed E-state index contributed by atoms with van der Waals surface area (Å²) in [5, 5.41) is 7.55. The van der Waals surface area contributed by atoms with E-state index in [1.54, 1.807) is 7.11 Å². The molecule has 4 nitrogen and oxygen atoms in total. The molecule has 4 rings (SSSR count). The quantitative estimate of drug-likeness (QED) is 0.321. The molecule has 2 aliphatic carbocycles. The second-order valence-electron chi connectivity index (χ2n) is 10.3. The van der Waals surface area contributed by atoms with Gasteiger partial charge in [-0.25, -0.2) is 0 Å². The van der Waals surface area contributed by atoms with E-state index in [0.29, 0.717) is 6.42 Å². The maximum atomic E-state index is 13.3. The van der Waals surface area contributed by atoms with Crippen LogP contribution in [0.5, 0.6) is 0 Å². The summed E-state index contributed by atoms with van der Waals surface area (Å²) in [5.41, 5.74) is 4.73. The van der Waals surface area contributed by atoms with Crippen LogP contribution in [0.4, 0.5) is 0 Å². The van der Waals surface area contributed by atoms with Crippen molar-refractivity contribution in [2.75, 3.05) is 20.2 Å². The molecule has 2 atom stereocenters. The standard InChI is InChI=1S/C31H38N2O2/c1-23-12-13-29(24(2)21-27(20-23)35-3)33-19-15-28(31(22-33)16-17-31)30(34)11-7-10-26(14-18-32)25-8-5-4-6-9-25/h4-9,11,13,18,20-21,26,28,32H,2,10,12,14-17,19,22H2,1,3H3/b11-7+,23-20-,27-21+,29-13?,32-18?. The molecule has 184 valence electrons. The summed E-state index contributed by atoms with van der Waals surface area (Å²) in [4.78, 5) is 15.7. The molecule has 35 heavy (non-hydrogen) atoms. The summed E-state index contributed by atoms with van der Waals surface area (Å²) in [6.07, 6.45) is 17.2. The van der Waals surface area contributed by atoms with Crippen LogP contribution in [0.15, 0.2) is 89.9 Å². The molecule has 1 aromatic carbocycles. The van der Waals surface area contributed by atoms with E-state index in [1.807, 2.05) is 36.4 Å². The highest BCUT2D eigenvalue weighted by Gasteiger charge is 2.54. The molecule has 0 aromatic heterocycles. The number of hydrogen-bond acceptors (Lipinski definition) is 4. The molecule has 1 spiro atoms. The van der Waals surface area contributed by atoms with Crippen molar-refractivity contribution >= 4 is 12.0 Å². The maximum Gasteiger partial charge on any atom is 0.159 e. The van der Waals surface area contributed by atoms with Gasteiger partial charge in [0.05, 0.1) is 7.11 Å². The van der Waals surface area contributed by atoms with Crippen LogP contribution >= 0.6 is 0 Å². The Hall–Kier alpha value is -3.14. The van der Waals surface area contributed by atoms with Gasteiger partial charge in [0.1, 0.15) is 5.76 Å². The van der Waals surface area contributed by atoms with Gasteiger partial charge in [-0.1, -0.05) is 54.6 Å². The zero-order chi connectivity index (χ0) is 24.8. The maximum absolute atomic E-state index is 13.3. The first-order valence-corrected chi connectivity index (χ1v) is 12.8. The summed E-state index contributed by atoms with van der Waals surface area (Å²) in [6.45, 7) is 8.24. The average Bonchev–Trinajstić information content (AvgIpc) is 3.61. The lowest BCUT2D eigenvalue weighted by atomic mass is 9.78. The minimum absolute atomic E-state index is 0.0929. The lowest BCUT2D eigenvalue weighted by Gasteiger charge is -2.41. The molecule has 1 aromatic rings. The highest BCUT2D eigenvalue weighted by atomic mass is 16.5. The predicted molar refractivity (Wildman–Crippen MR) is 143 cm³/mol. The first kappa shape index (κ1) is 25.0. The monoisotopic (exact) mass is 470 g/mol. The van der Waals surface area contributed by atoms with Crippen molar-refractivity contribution in [3.63, 3.8) is 0 Å². The summed E-state index contributed by atoms with van der Waals surface area (Å²) >= 11 is 0. The molecule has 2 unspecified atom stereocenters. The molecule has 0 bridgehead atoms. The van der Waals surface area contributed by atoms with Crippen molar-refractivity contribution in [2.45, 2.75) is 51.4 Å². The smallest absolute Gasteiger partial charge is 0.159 e. The van der Waals surface area contributed by atoms with Crippen molar-refractivity contribution in [3.8, 4) is 0 Å². The molecule has 1 saturated carbocycles. The van der Waals surface area contributed by atoms with Crippen LogP contribution in [0.1, 0.15) is 56.9 Å². The number of hydrogen-bond donors (Lipinski definition) is 1. The number of ketones is 1. The molecule has 1 aliphatic heterocycles. The molecule has 4 heteroatoms. The van der Waals surface area contributed by atoms with Crippen LogP contribution in [-0.2, 0) is 9.53 Å². The Morgan fingerprint density at radius 1 is 1.26 bits per heavy atom. The molecule has 0 amide bonds. The minimum Gasteiger partial charge on any atom is -0.497 e. The molecular weight excluding hydrogens is 432 g/mol. The zero-order valence-electron chi connectivity index (χ0n) is 21.1. The largest absolute Gasteiger partial charge is 0.497 e. The highest BCUT2D eigenvalue weighted by Crippen LogP contribution is 2.56.